The maximum absolute atomic E-state index is 4.15. The molecule has 0 aromatic heterocycles. The van der Waals surface area contributed by atoms with Gasteiger partial charge in [0.05, 0.1) is 0 Å². The lowest BCUT2D eigenvalue weighted by molar-refractivity contribution is -0.0977. The highest BCUT2D eigenvalue weighted by Crippen LogP contribution is 2.57. The summed E-state index contributed by atoms with van der Waals surface area (Å²) < 4.78 is 0. The fourth-order valence-corrected chi connectivity index (χ4v) is 5.73. The second kappa shape index (κ2) is 4.23. The Labute approximate surface area is 113 Å². The van der Waals surface area contributed by atoms with Gasteiger partial charge < -0.3 is 5.32 Å². The molecule has 4 aliphatic rings. The molecule has 1 N–H and O–H groups in total. The zero-order valence-electron chi connectivity index (χ0n) is 12.8. The van der Waals surface area contributed by atoms with Gasteiger partial charge in [-0.25, -0.2) is 0 Å². The molecule has 0 radical (unpaired) electrons. The van der Waals surface area contributed by atoms with Gasteiger partial charge in [-0.05, 0) is 55.8 Å². The first-order valence-corrected chi connectivity index (χ1v) is 8.27. The number of hydrogen-bond donors (Lipinski definition) is 1. The SMILES string of the molecule is CC1CCCC23CCCCC(C)(NC12)C(C)C3C. The van der Waals surface area contributed by atoms with Crippen molar-refractivity contribution in [2.24, 2.45) is 23.2 Å². The third-order valence-electron chi connectivity index (χ3n) is 7.23. The van der Waals surface area contributed by atoms with E-state index in [4.69, 9.17) is 0 Å². The van der Waals surface area contributed by atoms with Crippen LogP contribution in [0.5, 0.6) is 0 Å². The van der Waals surface area contributed by atoms with Crippen molar-refractivity contribution >= 4 is 0 Å². The minimum atomic E-state index is 0.402. The van der Waals surface area contributed by atoms with Crippen molar-refractivity contribution in [3.05, 3.63) is 0 Å². The Hall–Kier alpha value is -0.0400. The lowest BCUT2D eigenvalue weighted by Crippen LogP contribution is -2.70. The highest BCUT2D eigenvalue weighted by molar-refractivity contribution is 5.12. The Bertz CT molecular complexity index is 326. The van der Waals surface area contributed by atoms with Gasteiger partial charge in [0.2, 0.25) is 0 Å². The number of hydrogen-bond acceptors (Lipinski definition) is 1. The Kier molecular flexibility index (Phi) is 3.05. The van der Waals surface area contributed by atoms with E-state index in [9.17, 15) is 0 Å². The highest BCUT2D eigenvalue weighted by atomic mass is 15.1. The van der Waals surface area contributed by atoms with Crippen molar-refractivity contribution in [2.75, 3.05) is 0 Å². The molecule has 0 aromatic carbocycles. The summed E-state index contributed by atoms with van der Waals surface area (Å²) in [6.45, 7) is 10.1. The first kappa shape index (κ1) is 13.0. The molecule has 6 unspecified atom stereocenters. The molecule has 1 heteroatoms. The van der Waals surface area contributed by atoms with Crippen LogP contribution < -0.4 is 5.32 Å². The van der Waals surface area contributed by atoms with Gasteiger partial charge in [0, 0.05) is 11.6 Å². The molecule has 1 nitrogen and oxygen atoms in total. The number of fused-ring (bicyclic) bond motifs is 4. The molecular formula is C17H31N. The highest BCUT2D eigenvalue weighted by Gasteiger charge is 2.57. The Morgan fingerprint density at radius 2 is 1.56 bits per heavy atom. The minimum absolute atomic E-state index is 0.402. The van der Waals surface area contributed by atoms with Crippen LogP contribution in [-0.2, 0) is 0 Å². The van der Waals surface area contributed by atoms with E-state index >= 15 is 0 Å². The van der Waals surface area contributed by atoms with E-state index in [1.54, 1.807) is 0 Å². The van der Waals surface area contributed by atoms with Crippen LogP contribution in [-0.4, -0.2) is 11.6 Å². The van der Waals surface area contributed by atoms with Crippen molar-refractivity contribution in [1.82, 2.24) is 5.32 Å². The third kappa shape index (κ3) is 1.62. The quantitative estimate of drug-likeness (QED) is 0.672. The van der Waals surface area contributed by atoms with Gasteiger partial charge in [0.25, 0.3) is 0 Å². The van der Waals surface area contributed by atoms with Crippen molar-refractivity contribution < 1.29 is 0 Å². The van der Waals surface area contributed by atoms with Gasteiger partial charge in [-0.15, -0.1) is 0 Å². The molecule has 2 aliphatic heterocycles. The van der Waals surface area contributed by atoms with Gasteiger partial charge in [-0.1, -0.05) is 40.0 Å². The van der Waals surface area contributed by atoms with Crippen molar-refractivity contribution in [2.45, 2.75) is 84.2 Å². The second-order valence-corrected chi connectivity index (χ2v) is 7.93. The van der Waals surface area contributed by atoms with Crippen LogP contribution >= 0.6 is 0 Å². The summed E-state index contributed by atoms with van der Waals surface area (Å²) in [7, 11) is 0. The smallest absolute Gasteiger partial charge is 0.0184 e. The molecule has 2 heterocycles. The molecule has 0 amide bonds. The molecule has 2 saturated heterocycles. The monoisotopic (exact) mass is 249 g/mol. The fraction of sp³-hybridized carbons (Fsp3) is 1.00. The maximum atomic E-state index is 4.15. The molecule has 0 aromatic rings. The average molecular weight is 249 g/mol. The summed E-state index contributed by atoms with van der Waals surface area (Å²) in [6, 6.07) is 0.794. The fourth-order valence-electron chi connectivity index (χ4n) is 5.73. The van der Waals surface area contributed by atoms with E-state index in [0.717, 1.165) is 23.8 Å². The lowest BCUT2D eigenvalue weighted by Gasteiger charge is -2.64. The Balaban J connectivity index is 2.03. The molecule has 1 spiro atoms. The summed E-state index contributed by atoms with van der Waals surface area (Å²) in [6.07, 6.45) is 10.2. The van der Waals surface area contributed by atoms with E-state index in [1.807, 2.05) is 0 Å². The van der Waals surface area contributed by atoms with Gasteiger partial charge >= 0.3 is 0 Å². The van der Waals surface area contributed by atoms with E-state index in [-0.39, 0.29) is 0 Å². The predicted molar refractivity (Wildman–Crippen MR) is 77.6 cm³/mol. The van der Waals surface area contributed by atoms with Crippen LogP contribution in [0.25, 0.3) is 0 Å². The van der Waals surface area contributed by atoms with E-state index in [1.165, 1.54) is 44.9 Å². The van der Waals surface area contributed by atoms with Crippen LogP contribution in [0.1, 0.15) is 72.6 Å². The molecule has 2 saturated carbocycles. The number of nitrogens with one attached hydrogen (secondary N) is 1. The first-order valence-electron chi connectivity index (χ1n) is 8.27. The predicted octanol–water partition coefficient (Wildman–Crippen LogP) is 4.37. The minimum Gasteiger partial charge on any atom is -0.308 e. The van der Waals surface area contributed by atoms with E-state index < -0.39 is 0 Å². The van der Waals surface area contributed by atoms with E-state index in [2.05, 4.69) is 33.0 Å². The average Bonchev–Trinajstić information content (AvgIpc) is 2.33. The van der Waals surface area contributed by atoms with Crippen LogP contribution in [0, 0.1) is 23.2 Å². The number of rotatable bonds is 0. The van der Waals surface area contributed by atoms with E-state index in [0.29, 0.717) is 11.0 Å². The van der Waals surface area contributed by atoms with Crippen molar-refractivity contribution in [3.63, 3.8) is 0 Å². The Morgan fingerprint density at radius 3 is 2.33 bits per heavy atom. The molecule has 4 fully saturated rings. The molecule has 4 rings (SSSR count). The molecule has 6 atom stereocenters. The van der Waals surface area contributed by atoms with Gasteiger partial charge in [0.1, 0.15) is 0 Å². The molecule has 104 valence electrons. The molecule has 2 aliphatic carbocycles. The van der Waals surface area contributed by atoms with Gasteiger partial charge in [-0.2, -0.15) is 0 Å². The normalized spacial score (nSPS) is 56.7. The summed E-state index contributed by atoms with van der Waals surface area (Å²) in [4.78, 5) is 0. The second-order valence-electron chi connectivity index (χ2n) is 7.93. The molecular weight excluding hydrogens is 218 g/mol. The first-order chi connectivity index (χ1) is 8.50. The standard InChI is InChI=1S/C17H31N/c1-12-8-7-11-17-10-6-5-9-16(4,18-15(12)17)13(2)14(17)3/h12-15,18H,5-11H2,1-4H3. The summed E-state index contributed by atoms with van der Waals surface area (Å²) in [5, 5.41) is 4.15. The zero-order chi connectivity index (χ0) is 13.0. The topological polar surface area (TPSA) is 12.0 Å². The largest absolute Gasteiger partial charge is 0.308 e. The molecule has 18 heavy (non-hydrogen) atoms. The maximum Gasteiger partial charge on any atom is 0.0184 e. The summed E-state index contributed by atoms with van der Waals surface area (Å²) >= 11 is 0. The van der Waals surface area contributed by atoms with Crippen molar-refractivity contribution in [3.8, 4) is 0 Å². The van der Waals surface area contributed by atoms with Gasteiger partial charge in [-0.3, -0.25) is 0 Å². The number of piperidine rings is 1. The van der Waals surface area contributed by atoms with Gasteiger partial charge in [0.15, 0.2) is 0 Å². The lowest BCUT2D eigenvalue weighted by atomic mass is 9.49. The summed E-state index contributed by atoms with van der Waals surface area (Å²) in [5.74, 6) is 2.61. The Morgan fingerprint density at radius 1 is 0.889 bits per heavy atom. The van der Waals surface area contributed by atoms with Crippen LogP contribution in [0.4, 0.5) is 0 Å². The van der Waals surface area contributed by atoms with Crippen LogP contribution in [0.15, 0.2) is 0 Å². The van der Waals surface area contributed by atoms with Crippen molar-refractivity contribution in [1.29, 1.82) is 0 Å². The third-order valence-corrected chi connectivity index (χ3v) is 7.23. The molecule has 2 bridgehead atoms. The summed E-state index contributed by atoms with van der Waals surface area (Å²) in [5.41, 5.74) is 1.02. The zero-order valence-corrected chi connectivity index (χ0v) is 12.8. The van der Waals surface area contributed by atoms with Crippen LogP contribution in [0.3, 0.4) is 0 Å². The van der Waals surface area contributed by atoms with Crippen LogP contribution in [0.2, 0.25) is 0 Å².